The van der Waals surface area contributed by atoms with Gasteiger partial charge >= 0.3 is 6.03 Å². The smallest absolute Gasteiger partial charge is 0.326 e. The van der Waals surface area contributed by atoms with Crippen LogP contribution in [0.2, 0.25) is 0 Å². The average molecular weight is 160 g/mol. The first kappa shape index (κ1) is 10.2. The summed E-state index contributed by atoms with van der Waals surface area (Å²) in [5.74, 6) is 0. The van der Waals surface area contributed by atoms with Gasteiger partial charge in [0.05, 0.1) is 7.11 Å². The summed E-state index contributed by atoms with van der Waals surface area (Å²) < 4.78 is 0. The maximum Gasteiger partial charge on any atom is 0.343 e. The quantitative estimate of drug-likeness (QED) is 0.576. The fourth-order valence-electron chi connectivity index (χ4n) is 0.668. The monoisotopic (exact) mass is 160 g/mol. The van der Waals surface area contributed by atoms with Crippen LogP contribution in [0.3, 0.4) is 0 Å². The van der Waals surface area contributed by atoms with Crippen molar-refractivity contribution in [2.24, 2.45) is 0 Å². The van der Waals surface area contributed by atoms with Gasteiger partial charge < -0.3 is 4.90 Å². The van der Waals surface area contributed by atoms with Crippen LogP contribution < -0.4 is 0 Å². The summed E-state index contributed by atoms with van der Waals surface area (Å²) >= 11 is 0. The SMILES string of the molecule is CCN(C)C(=O)N(CC)OC. The molecule has 0 N–H and O–H groups in total. The van der Waals surface area contributed by atoms with Gasteiger partial charge in [0.15, 0.2) is 0 Å². The molecule has 0 heterocycles. The molecule has 0 saturated carbocycles. The van der Waals surface area contributed by atoms with Gasteiger partial charge in [0.25, 0.3) is 0 Å². The van der Waals surface area contributed by atoms with Gasteiger partial charge in [-0.05, 0) is 13.8 Å². The minimum absolute atomic E-state index is 0.0995. The number of hydroxylamine groups is 2. The average Bonchev–Trinajstić information content (AvgIpc) is 2.05. The number of hydrogen-bond donors (Lipinski definition) is 0. The Morgan fingerprint density at radius 1 is 1.36 bits per heavy atom. The lowest BCUT2D eigenvalue weighted by atomic mass is 10.6. The van der Waals surface area contributed by atoms with Crippen molar-refractivity contribution < 1.29 is 9.63 Å². The predicted molar refractivity (Wildman–Crippen MR) is 43.1 cm³/mol. The van der Waals surface area contributed by atoms with Crippen molar-refractivity contribution in [3.05, 3.63) is 0 Å². The molecular formula is C7H16N2O2. The highest BCUT2D eigenvalue weighted by Gasteiger charge is 2.13. The zero-order valence-corrected chi connectivity index (χ0v) is 7.63. The molecule has 0 spiro atoms. The lowest BCUT2D eigenvalue weighted by Gasteiger charge is -2.23. The van der Waals surface area contributed by atoms with Gasteiger partial charge in [-0.3, -0.25) is 4.84 Å². The highest BCUT2D eigenvalue weighted by molar-refractivity contribution is 5.72. The Bertz CT molecular complexity index is 124. The Kier molecular flexibility index (Phi) is 4.61. The van der Waals surface area contributed by atoms with Crippen molar-refractivity contribution >= 4 is 6.03 Å². The van der Waals surface area contributed by atoms with Crippen LogP contribution >= 0.6 is 0 Å². The van der Waals surface area contributed by atoms with Crippen LogP contribution in [0.1, 0.15) is 13.8 Å². The van der Waals surface area contributed by atoms with Crippen molar-refractivity contribution in [1.82, 2.24) is 9.96 Å². The highest BCUT2D eigenvalue weighted by Crippen LogP contribution is 1.95. The van der Waals surface area contributed by atoms with E-state index in [0.717, 1.165) is 0 Å². The van der Waals surface area contributed by atoms with Crippen molar-refractivity contribution in [2.45, 2.75) is 13.8 Å². The van der Waals surface area contributed by atoms with Crippen molar-refractivity contribution in [2.75, 3.05) is 27.2 Å². The van der Waals surface area contributed by atoms with E-state index in [1.807, 2.05) is 13.8 Å². The summed E-state index contributed by atoms with van der Waals surface area (Å²) in [5.41, 5.74) is 0. The molecule has 0 aromatic heterocycles. The van der Waals surface area contributed by atoms with E-state index in [-0.39, 0.29) is 6.03 Å². The van der Waals surface area contributed by atoms with Gasteiger partial charge in [-0.25, -0.2) is 9.86 Å². The van der Waals surface area contributed by atoms with Gasteiger partial charge in [-0.2, -0.15) is 0 Å². The third kappa shape index (κ3) is 2.76. The van der Waals surface area contributed by atoms with Crippen LogP contribution in [0.25, 0.3) is 0 Å². The summed E-state index contributed by atoms with van der Waals surface area (Å²) in [6, 6.07) is -0.0995. The molecule has 0 unspecified atom stereocenters. The minimum Gasteiger partial charge on any atom is -0.326 e. The number of carbonyl (C=O) groups is 1. The first-order valence-electron chi connectivity index (χ1n) is 3.74. The molecule has 0 atom stereocenters. The van der Waals surface area contributed by atoms with E-state index in [1.165, 1.54) is 12.2 Å². The van der Waals surface area contributed by atoms with Gasteiger partial charge in [0.1, 0.15) is 0 Å². The molecule has 0 aromatic carbocycles. The molecule has 0 radical (unpaired) electrons. The summed E-state index contributed by atoms with van der Waals surface area (Å²) in [4.78, 5) is 17.7. The number of rotatable bonds is 3. The van der Waals surface area contributed by atoms with E-state index >= 15 is 0 Å². The molecule has 0 aliphatic carbocycles. The molecule has 0 aromatic rings. The predicted octanol–water partition coefficient (Wildman–Crippen LogP) is 0.941. The normalized spacial score (nSPS) is 9.45. The van der Waals surface area contributed by atoms with E-state index in [1.54, 1.807) is 11.9 Å². The standard InChI is InChI=1S/C7H16N2O2/c1-5-8(3)7(10)9(6-2)11-4/h5-6H2,1-4H3. The fourth-order valence-corrected chi connectivity index (χ4v) is 0.668. The molecule has 66 valence electrons. The molecule has 0 rings (SSSR count). The molecule has 4 heteroatoms. The molecule has 0 aliphatic rings. The van der Waals surface area contributed by atoms with Crippen molar-refractivity contribution in [3.8, 4) is 0 Å². The van der Waals surface area contributed by atoms with Crippen LogP contribution in [0.5, 0.6) is 0 Å². The maximum atomic E-state index is 11.3. The summed E-state index contributed by atoms with van der Waals surface area (Å²) in [6.45, 7) is 5.05. The lowest BCUT2D eigenvalue weighted by Crippen LogP contribution is -2.40. The number of nitrogens with zero attached hydrogens (tertiary/aromatic N) is 2. The van der Waals surface area contributed by atoms with E-state index in [4.69, 9.17) is 4.84 Å². The highest BCUT2D eigenvalue weighted by atomic mass is 16.7. The molecule has 0 saturated heterocycles. The summed E-state index contributed by atoms with van der Waals surface area (Å²) in [5, 5.41) is 1.31. The van der Waals surface area contributed by atoms with E-state index in [2.05, 4.69) is 0 Å². The van der Waals surface area contributed by atoms with Gasteiger partial charge in [0.2, 0.25) is 0 Å². The summed E-state index contributed by atoms with van der Waals surface area (Å²) in [6.07, 6.45) is 0. The third-order valence-corrected chi connectivity index (χ3v) is 1.52. The van der Waals surface area contributed by atoms with E-state index in [9.17, 15) is 4.79 Å². The first-order chi connectivity index (χ1) is 5.17. The van der Waals surface area contributed by atoms with Gasteiger partial charge in [0, 0.05) is 20.1 Å². The second-order valence-corrected chi connectivity index (χ2v) is 2.17. The largest absolute Gasteiger partial charge is 0.343 e. The molecule has 0 fully saturated rings. The molecule has 0 bridgehead atoms. The zero-order chi connectivity index (χ0) is 8.85. The molecule has 11 heavy (non-hydrogen) atoms. The van der Waals surface area contributed by atoms with E-state index in [0.29, 0.717) is 13.1 Å². The van der Waals surface area contributed by atoms with Crippen LogP contribution in [0.4, 0.5) is 4.79 Å². The minimum atomic E-state index is -0.0995. The van der Waals surface area contributed by atoms with Crippen molar-refractivity contribution in [1.29, 1.82) is 0 Å². The molecular weight excluding hydrogens is 144 g/mol. The zero-order valence-electron chi connectivity index (χ0n) is 7.63. The topological polar surface area (TPSA) is 32.8 Å². The number of urea groups is 1. The summed E-state index contributed by atoms with van der Waals surface area (Å²) in [7, 11) is 3.23. The number of amides is 2. The third-order valence-electron chi connectivity index (χ3n) is 1.52. The first-order valence-corrected chi connectivity index (χ1v) is 3.74. The molecule has 0 aliphatic heterocycles. The lowest BCUT2D eigenvalue weighted by molar-refractivity contribution is -0.0909. The Balaban J connectivity index is 3.97. The Hall–Kier alpha value is -0.770. The van der Waals surface area contributed by atoms with Crippen LogP contribution in [0.15, 0.2) is 0 Å². The second-order valence-electron chi connectivity index (χ2n) is 2.17. The van der Waals surface area contributed by atoms with Gasteiger partial charge in [-0.15, -0.1) is 0 Å². The molecule has 4 nitrogen and oxygen atoms in total. The fraction of sp³-hybridized carbons (Fsp3) is 0.857. The number of carbonyl (C=O) groups excluding carboxylic acids is 1. The maximum absolute atomic E-state index is 11.3. The van der Waals surface area contributed by atoms with Gasteiger partial charge in [-0.1, -0.05) is 0 Å². The Morgan fingerprint density at radius 3 is 2.18 bits per heavy atom. The molecule has 2 amide bonds. The van der Waals surface area contributed by atoms with Crippen LogP contribution in [-0.2, 0) is 4.84 Å². The van der Waals surface area contributed by atoms with E-state index < -0.39 is 0 Å². The van der Waals surface area contributed by atoms with Crippen LogP contribution in [0, 0.1) is 0 Å². The van der Waals surface area contributed by atoms with Crippen molar-refractivity contribution in [3.63, 3.8) is 0 Å². The Morgan fingerprint density at radius 2 is 1.91 bits per heavy atom. The van der Waals surface area contributed by atoms with Crippen LogP contribution in [-0.4, -0.2) is 43.2 Å². The number of hydrogen-bond acceptors (Lipinski definition) is 2. The Labute approximate surface area is 67.7 Å². The second kappa shape index (κ2) is 4.96.